The number of rotatable bonds is 7. The highest BCUT2D eigenvalue weighted by Crippen LogP contribution is 2.24. The average molecular weight is 510 g/mol. The van der Waals surface area contributed by atoms with E-state index in [2.05, 4.69) is 66.2 Å². The van der Waals surface area contributed by atoms with E-state index < -0.39 is 0 Å². The molecule has 27 heavy (non-hydrogen) atoms. The predicted molar refractivity (Wildman–Crippen MR) is 117 cm³/mol. The van der Waals surface area contributed by atoms with Gasteiger partial charge in [-0.2, -0.15) is 9.78 Å². The van der Waals surface area contributed by atoms with Gasteiger partial charge < -0.3 is 5.11 Å². The Labute approximate surface area is 179 Å². The number of benzene rings is 2. The summed E-state index contributed by atoms with van der Waals surface area (Å²) in [6, 6.07) is 13.4. The minimum atomic E-state index is 0.177. The van der Waals surface area contributed by atoms with Gasteiger partial charge in [0.1, 0.15) is 5.75 Å². The summed E-state index contributed by atoms with van der Waals surface area (Å²) < 4.78 is 3.69. The van der Waals surface area contributed by atoms with Crippen molar-refractivity contribution in [2.45, 2.75) is 30.7 Å². The minimum Gasteiger partial charge on any atom is -0.507 e. The molecule has 1 heterocycles. The first-order valence-corrected chi connectivity index (χ1v) is 11.0. The van der Waals surface area contributed by atoms with Gasteiger partial charge in [-0.15, -0.1) is 10.2 Å². The molecule has 0 bridgehead atoms. The first kappa shape index (κ1) is 20.1. The third kappa shape index (κ3) is 5.43. The Bertz CT molecular complexity index is 941. The summed E-state index contributed by atoms with van der Waals surface area (Å²) in [6.45, 7) is 2.09. The summed E-state index contributed by atoms with van der Waals surface area (Å²) in [7, 11) is 0. The lowest BCUT2D eigenvalue weighted by Crippen LogP contribution is -2.00. The Hall–Kier alpha value is -1.64. The topological polar surface area (TPSA) is 63.3 Å². The fraction of sp³-hybridized carbons (Fsp3) is 0.211. The first-order chi connectivity index (χ1) is 13.1. The van der Waals surface area contributed by atoms with E-state index in [9.17, 15) is 5.11 Å². The van der Waals surface area contributed by atoms with Gasteiger partial charge in [0.2, 0.25) is 5.16 Å². The van der Waals surface area contributed by atoms with E-state index in [4.69, 9.17) is 0 Å². The Morgan fingerprint density at radius 1 is 1.11 bits per heavy atom. The number of aryl methyl sites for hydroxylation is 1. The zero-order valence-corrected chi connectivity index (χ0v) is 18.6. The predicted octanol–water partition coefficient (Wildman–Crippen LogP) is 5.64. The van der Waals surface area contributed by atoms with Crippen molar-refractivity contribution in [2.75, 3.05) is 0 Å². The molecule has 0 radical (unpaired) electrons. The number of aromatic nitrogens is 3. The van der Waals surface area contributed by atoms with Crippen LogP contribution in [0.25, 0.3) is 0 Å². The number of hydrogen-bond acceptors (Lipinski definition) is 5. The highest BCUT2D eigenvalue weighted by atomic mass is 79.9. The van der Waals surface area contributed by atoms with Gasteiger partial charge in [-0.3, -0.25) is 0 Å². The molecule has 0 amide bonds. The molecule has 1 aromatic heterocycles. The molecule has 8 heteroatoms. The number of phenols is 1. The fourth-order valence-corrected chi connectivity index (χ4v) is 3.86. The monoisotopic (exact) mass is 508 g/mol. The Kier molecular flexibility index (Phi) is 7.09. The van der Waals surface area contributed by atoms with Crippen LogP contribution in [0.1, 0.15) is 30.3 Å². The van der Waals surface area contributed by atoms with Gasteiger partial charge in [0, 0.05) is 26.7 Å². The number of halogens is 2. The molecule has 140 valence electrons. The molecule has 2 aromatic carbocycles. The molecule has 1 N–H and O–H groups in total. The van der Waals surface area contributed by atoms with Gasteiger partial charge in [0.25, 0.3) is 0 Å². The Balaban J connectivity index is 1.83. The van der Waals surface area contributed by atoms with Crippen molar-refractivity contribution in [1.82, 2.24) is 14.9 Å². The second kappa shape index (κ2) is 9.52. The maximum Gasteiger partial charge on any atom is 0.212 e. The lowest BCUT2D eigenvalue weighted by atomic mass is 10.2. The summed E-state index contributed by atoms with van der Waals surface area (Å²) in [6.07, 6.45) is 3.37. The second-order valence-corrected chi connectivity index (χ2v) is 8.60. The summed E-state index contributed by atoms with van der Waals surface area (Å²) in [5.74, 6) is 1.76. The van der Waals surface area contributed by atoms with Crippen LogP contribution in [0.15, 0.2) is 61.7 Å². The lowest BCUT2D eigenvalue weighted by molar-refractivity contribution is 0.474. The number of aromatic hydroxyl groups is 1. The van der Waals surface area contributed by atoms with Crippen LogP contribution in [0.2, 0.25) is 0 Å². The molecule has 0 spiro atoms. The minimum absolute atomic E-state index is 0.177. The van der Waals surface area contributed by atoms with Crippen LogP contribution in [0.3, 0.4) is 0 Å². The molecule has 0 saturated carbocycles. The van der Waals surface area contributed by atoms with Crippen LogP contribution in [0.5, 0.6) is 5.75 Å². The first-order valence-electron chi connectivity index (χ1n) is 8.41. The average Bonchev–Trinajstić information content (AvgIpc) is 3.04. The third-order valence-electron chi connectivity index (χ3n) is 3.73. The molecular weight excluding hydrogens is 492 g/mol. The molecule has 0 aliphatic rings. The van der Waals surface area contributed by atoms with Crippen molar-refractivity contribution in [3.63, 3.8) is 0 Å². The van der Waals surface area contributed by atoms with Crippen LogP contribution in [-0.2, 0) is 12.2 Å². The molecule has 0 saturated heterocycles. The van der Waals surface area contributed by atoms with E-state index in [1.807, 2.05) is 18.2 Å². The molecule has 0 fully saturated rings. The van der Waals surface area contributed by atoms with E-state index in [-0.39, 0.29) is 5.75 Å². The van der Waals surface area contributed by atoms with Gasteiger partial charge in [0.15, 0.2) is 5.82 Å². The van der Waals surface area contributed by atoms with Crippen molar-refractivity contribution < 1.29 is 5.11 Å². The zero-order chi connectivity index (χ0) is 19.2. The number of hydrogen-bond donors (Lipinski definition) is 1. The molecule has 5 nitrogen and oxygen atoms in total. The second-order valence-electron chi connectivity index (χ2n) is 5.82. The molecular formula is C19H18Br2N4OS. The molecule has 0 aliphatic carbocycles. The molecule has 3 aromatic rings. The Morgan fingerprint density at radius 2 is 1.85 bits per heavy atom. The van der Waals surface area contributed by atoms with Gasteiger partial charge in [-0.25, -0.2) is 0 Å². The summed E-state index contributed by atoms with van der Waals surface area (Å²) in [5, 5.41) is 23.9. The standard InChI is InChI=1S/C19H18Br2N4OS/c1-2-3-18-23-24-19(27-12-13-4-6-15(20)7-5-13)25(18)22-11-14-10-16(21)8-9-17(14)26/h4-11,26H,2-3,12H2,1H3/b22-11+. The van der Waals surface area contributed by atoms with Crippen molar-refractivity contribution in [1.29, 1.82) is 0 Å². The van der Waals surface area contributed by atoms with Gasteiger partial charge in [-0.05, 0) is 42.3 Å². The van der Waals surface area contributed by atoms with Crippen LogP contribution < -0.4 is 0 Å². The lowest BCUT2D eigenvalue weighted by Gasteiger charge is -2.05. The van der Waals surface area contributed by atoms with Gasteiger partial charge in [0.05, 0.1) is 6.21 Å². The van der Waals surface area contributed by atoms with Crippen LogP contribution in [0.4, 0.5) is 0 Å². The van der Waals surface area contributed by atoms with Crippen molar-refractivity contribution >= 4 is 49.8 Å². The van der Waals surface area contributed by atoms with E-state index in [1.54, 1.807) is 34.8 Å². The van der Waals surface area contributed by atoms with Gasteiger partial charge >= 0.3 is 0 Å². The van der Waals surface area contributed by atoms with Crippen molar-refractivity contribution in [2.24, 2.45) is 5.10 Å². The maximum atomic E-state index is 10.0. The van der Waals surface area contributed by atoms with E-state index in [0.717, 1.165) is 38.5 Å². The molecule has 0 unspecified atom stereocenters. The molecule has 0 atom stereocenters. The summed E-state index contributed by atoms with van der Waals surface area (Å²) >= 11 is 8.45. The fourth-order valence-electron chi connectivity index (χ4n) is 2.36. The van der Waals surface area contributed by atoms with Crippen LogP contribution in [-0.4, -0.2) is 26.2 Å². The van der Waals surface area contributed by atoms with E-state index in [1.165, 1.54) is 5.56 Å². The highest BCUT2D eigenvalue weighted by molar-refractivity contribution is 9.10. The summed E-state index contributed by atoms with van der Waals surface area (Å²) in [5.41, 5.74) is 1.83. The van der Waals surface area contributed by atoms with E-state index in [0.29, 0.717) is 5.56 Å². The number of phenolic OH excluding ortho intramolecular Hbond substituents is 1. The zero-order valence-electron chi connectivity index (χ0n) is 14.6. The smallest absolute Gasteiger partial charge is 0.212 e. The number of thioether (sulfide) groups is 1. The normalized spacial score (nSPS) is 11.4. The SMILES string of the molecule is CCCc1nnc(SCc2ccc(Br)cc2)n1/N=C/c1cc(Br)ccc1O. The van der Waals surface area contributed by atoms with E-state index >= 15 is 0 Å². The van der Waals surface area contributed by atoms with Crippen LogP contribution >= 0.6 is 43.6 Å². The maximum absolute atomic E-state index is 10.0. The summed E-state index contributed by atoms with van der Waals surface area (Å²) in [4.78, 5) is 0. The van der Waals surface area contributed by atoms with Crippen molar-refractivity contribution in [3.05, 3.63) is 68.4 Å². The largest absolute Gasteiger partial charge is 0.507 e. The number of nitrogens with zero attached hydrogens (tertiary/aromatic N) is 4. The quantitative estimate of drug-likeness (QED) is 0.331. The van der Waals surface area contributed by atoms with Crippen molar-refractivity contribution in [3.8, 4) is 5.75 Å². The van der Waals surface area contributed by atoms with Gasteiger partial charge in [-0.1, -0.05) is 62.7 Å². The third-order valence-corrected chi connectivity index (χ3v) is 5.75. The van der Waals surface area contributed by atoms with Crippen LogP contribution in [0, 0.1) is 0 Å². The Morgan fingerprint density at radius 3 is 2.59 bits per heavy atom. The molecule has 3 rings (SSSR count). The molecule has 0 aliphatic heterocycles. The highest BCUT2D eigenvalue weighted by Gasteiger charge is 2.12.